The zero-order valence-electron chi connectivity index (χ0n) is 10.5. The number of hydrazine groups is 1. The van der Waals surface area contributed by atoms with E-state index < -0.39 is 0 Å². The predicted octanol–water partition coefficient (Wildman–Crippen LogP) is 0.669. The summed E-state index contributed by atoms with van der Waals surface area (Å²) < 4.78 is 7.55. The average molecular weight is 239 g/mol. The molecule has 2 rings (SSSR count). The summed E-state index contributed by atoms with van der Waals surface area (Å²) in [5.41, 5.74) is 3.62. The summed E-state index contributed by atoms with van der Waals surface area (Å²) in [6.07, 6.45) is 7.41. The SMILES string of the molecule is COC1(C(NN)c2cnnn2C)CCCCC1. The Kier molecular flexibility index (Phi) is 3.76. The summed E-state index contributed by atoms with van der Waals surface area (Å²) in [5, 5.41) is 7.87. The average Bonchev–Trinajstić information content (AvgIpc) is 2.78. The molecule has 1 fully saturated rings. The number of hydrogen-bond donors (Lipinski definition) is 2. The monoisotopic (exact) mass is 239 g/mol. The molecule has 1 aromatic heterocycles. The van der Waals surface area contributed by atoms with Crippen molar-refractivity contribution < 1.29 is 4.74 Å². The predicted molar refractivity (Wildman–Crippen MR) is 63.9 cm³/mol. The molecule has 0 aromatic carbocycles. The normalized spacial score (nSPS) is 21.4. The molecule has 1 aliphatic rings. The summed E-state index contributed by atoms with van der Waals surface area (Å²) in [6, 6.07) is -0.0622. The zero-order valence-corrected chi connectivity index (χ0v) is 10.5. The Morgan fingerprint density at radius 1 is 1.47 bits per heavy atom. The molecule has 1 saturated carbocycles. The number of nitrogens with zero attached hydrogens (tertiary/aromatic N) is 3. The van der Waals surface area contributed by atoms with Crippen LogP contribution in [0, 0.1) is 0 Å². The largest absolute Gasteiger partial charge is 0.376 e. The molecule has 0 spiro atoms. The first kappa shape index (κ1) is 12.5. The van der Waals surface area contributed by atoms with Gasteiger partial charge in [-0.05, 0) is 12.8 Å². The number of nitrogens with one attached hydrogen (secondary N) is 1. The zero-order chi connectivity index (χ0) is 12.3. The van der Waals surface area contributed by atoms with E-state index in [2.05, 4.69) is 15.7 Å². The number of aryl methyl sites for hydroxylation is 1. The summed E-state index contributed by atoms with van der Waals surface area (Å²) >= 11 is 0. The fourth-order valence-corrected chi connectivity index (χ4v) is 2.83. The molecule has 0 bridgehead atoms. The molecule has 0 saturated heterocycles. The van der Waals surface area contributed by atoms with Gasteiger partial charge in [-0.1, -0.05) is 24.5 Å². The first-order chi connectivity index (χ1) is 8.23. The molecule has 1 unspecified atom stereocenters. The molecule has 0 aliphatic heterocycles. The van der Waals surface area contributed by atoms with Crippen molar-refractivity contribution in [1.29, 1.82) is 0 Å². The molecular weight excluding hydrogens is 218 g/mol. The van der Waals surface area contributed by atoms with E-state index in [1.807, 2.05) is 7.05 Å². The fraction of sp³-hybridized carbons (Fsp3) is 0.818. The summed E-state index contributed by atoms with van der Waals surface area (Å²) in [7, 11) is 3.64. The van der Waals surface area contributed by atoms with Gasteiger partial charge in [0.15, 0.2) is 0 Å². The van der Waals surface area contributed by atoms with Crippen LogP contribution in [0.4, 0.5) is 0 Å². The van der Waals surface area contributed by atoms with Gasteiger partial charge in [0.05, 0.1) is 23.5 Å². The third-order valence-corrected chi connectivity index (χ3v) is 3.84. The Hall–Kier alpha value is -0.980. The number of aromatic nitrogens is 3. The lowest BCUT2D eigenvalue weighted by Crippen LogP contribution is -2.49. The highest BCUT2D eigenvalue weighted by atomic mass is 16.5. The van der Waals surface area contributed by atoms with Crippen LogP contribution in [0.15, 0.2) is 6.20 Å². The summed E-state index contributed by atoms with van der Waals surface area (Å²) in [5.74, 6) is 5.73. The van der Waals surface area contributed by atoms with E-state index >= 15 is 0 Å². The number of nitrogens with two attached hydrogens (primary N) is 1. The van der Waals surface area contributed by atoms with Gasteiger partial charge in [0.1, 0.15) is 0 Å². The van der Waals surface area contributed by atoms with Gasteiger partial charge < -0.3 is 4.74 Å². The maximum Gasteiger partial charge on any atom is 0.0934 e. The van der Waals surface area contributed by atoms with Crippen LogP contribution in [0.5, 0.6) is 0 Å². The topological polar surface area (TPSA) is 78.0 Å². The van der Waals surface area contributed by atoms with Gasteiger partial charge in [0.2, 0.25) is 0 Å². The van der Waals surface area contributed by atoms with Crippen molar-refractivity contribution in [3.63, 3.8) is 0 Å². The third kappa shape index (κ3) is 2.20. The van der Waals surface area contributed by atoms with Crippen LogP contribution < -0.4 is 11.3 Å². The molecule has 6 nitrogen and oxygen atoms in total. The lowest BCUT2D eigenvalue weighted by Gasteiger charge is -2.41. The molecule has 17 heavy (non-hydrogen) atoms. The van der Waals surface area contributed by atoms with Crippen molar-refractivity contribution in [1.82, 2.24) is 20.4 Å². The van der Waals surface area contributed by atoms with Crippen LogP contribution in [-0.2, 0) is 11.8 Å². The Bertz CT molecular complexity index is 358. The molecular formula is C11H21N5O. The quantitative estimate of drug-likeness (QED) is 0.596. The van der Waals surface area contributed by atoms with Gasteiger partial charge in [0.25, 0.3) is 0 Å². The lowest BCUT2D eigenvalue weighted by atomic mass is 9.78. The molecule has 96 valence electrons. The summed E-state index contributed by atoms with van der Waals surface area (Å²) in [4.78, 5) is 0. The van der Waals surface area contributed by atoms with E-state index in [0.717, 1.165) is 18.5 Å². The van der Waals surface area contributed by atoms with Crippen LogP contribution in [0.2, 0.25) is 0 Å². The molecule has 6 heteroatoms. The van der Waals surface area contributed by atoms with E-state index in [9.17, 15) is 0 Å². The Labute approximate surface area is 101 Å². The van der Waals surface area contributed by atoms with Gasteiger partial charge in [-0.25, -0.2) is 5.43 Å². The second kappa shape index (κ2) is 5.12. The minimum Gasteiger partial charge on any atom is -0.376 e. The van der Waals surface area contributed by atoms with Crippen molar-refractivity contribution in [3.05, 3.63) is 11.9 Å². The molecule has 1 heterocycles. The van der Waals surface area contributed by atoms with E-state index in [1.165, 1.54) is 19.3 Å². The van der Waals surface area contributed by atoms with Crippen molar-refractivity contribution in [2.24, 2.45) is 12.9 Å². The van der Waals surface area contributed by atoms with Crippen molar-refractivity contribution in [3.8, 4) is 0 Å². The van der Waals surface area contributed by atoms with Crippen molar-refractivity contribution >= 4 is 0 Å². The highest BCUT2D eigenvalue weighted by Crippen LogP contribution is 2.40. The Morgan fingerprint density at radius 2 is 2.18 bits per heavy atom. The number of rotatable bonds is 4. The van der Waals surface area contributed by atoms with Crippen LogP contribution >= 0.6 is 0 Å². The molecule has 0 amide bonds. The summed E-state index contributed by atoms with van der Waals surface area (Å²) in [6.45, 7) is 0. The fourth-order valence-electron chi connectivity index (χ4n) is 2.83. The van der Waals surface area contributed by atoms with Crippen LogP contribution in [0.3, 0.4) is 0 Å². The minimum absolute atomic E-state index is 0.0622. The van der Waals surface area contributed by atoms with Gasteiger partial charge >= 0.3 is 0 Å². The second-order valence-electron chi connectivity index (χ2n) is 4.71. The van der Waals surface area contributed by atoms with E-state index in [0.29, 0.717) is 0 Å². The van der Waals surface area contributed by atoms with Gasteiger partial charge in [-0.3, -0.25) is 10.5 Å². The second-order valence-corrected chi connectivity index (χ2v) is 4.71. The molecule has 0 radical (unpaired) electrons. The highest BCUT2D eigenvalue weighted by molar-refractivity contribution is 5.10. The number of hydrogen-bond acceptors (Lipinski definition) is 5. The van der Waals surface area contributed by atoms with Crippen LogP contribution in [0.25, 0.3) is 0 Å². The number of methoxy groups -OCH3 is 1. The molecule has 3 N–H and O–H groups in total. The number of ether oxygens (including phenoxy) is 1. The van der Waals surface area contributed by atoms with Gasteiger partial charge in [-0.15, -0.1) is 5.10 Å². The van der Waals surface area contributed by atoms with Crippen LogP contribution in [0.1, 0.15) is 43.8 Å². The maximum atomic E-state index is 5.80. The van der Waals surface area contributed by atoms with Crippen LogP contribution in [-0.4, -0.2) is 27.7 Å². The lowest BCUT2D eigenvalue weighted by molar-refractivity contribution is -0.0706. The van der Waals surface area contributed by atoms with E-state index in [1.54, 1.807) is 18.0 Å². The van der Waals surface area contributed by atoms with Gasteiger partial charge in [-0.2, -0.15) is 0 Å². The van der Waals surface area contributed by atoms with Gasteiger partial charge in [0, 0.05) is 14.2 Å². The van der Waals surface area contributed by atoms with E-state index in [-0.39, 0.29) is 11.6 Å². The maximum absolute atomic E-state index is 5.80. The Balaban J connectivity index is 2.29. The first-order valence-electron chi connectivity index (χ1n) is 6.09. The van der Waals surface area contributed by atoms with E-state index in [4.69, 9.17) is 10.6 Å². The standard InChI is InChI=1S/C11H21N5O/c1-16-9(8-13-15-16)10(14-12)11(17-2)6-4-3-5-7-11/h8,10,14H,3-7,12H2,1-2H3. The molecule has 1 atom stereocenters. The first-order valence-corrected chi connectivity index (χ1v) is 6.09. The molecule has 1 aromatic rings. The minimum atomic E-state index is -0.234. The highest BCUT2D eigenvalue weighted by Gasteiger charge is 2.42. The van der Waals surface area contributed by atoms with Crippen molar-refractivity contribution in [2.75, 3.05) is 7.11 Å². The van der Waals surface area contributed by atoms with Crippen molar-refractivity contribution in [2.45, 2.75) is 43.7 Å². The molecule has 1 aliphatic carbocycles. The third-order valence-electron chi connectivity index (χ3n) is 3.84. The smallest absolute Gasteiger partial charge is 0.0934 e. The Morgan fingerprint density at radius 3 is 2.65 bits per heavy atom.